The Morgan fingerprint density at radius 1 is 1.11 bits per heavy atom. The third kappa shape index (κ3) is 8.88. The van der Waals surface area contributed by atoms with Crippen molar-refractivity contribution in [2.24, 2.45) is 5.92 Å². The smallest absolute Gasteiger partial charge is 0.407 e. The van der Waals surface area contributed by atoms with Crippen LogP contribution >= 0.6 is 11.3 Å². The summed E-state index contributed by atoms with van der Waals surface area (Å²) in [5, 5.41) is 30.7. The maximum Gasteiger partial charge on any atom is 0.407 e. The zero-order chi connectivity index (χ0) is 27.7. The summed E-state index contributed by atoms with van der Waals surface area (Å²) in [5.74, 6) is -0.173. The zero-order valence-corrected chi connectivity index (χ0v) is 22.1. The van der Waals surface area contributed by atoms with E-state index >= 15 is 0 Å². The number of carboxylic acid groups (broad SMARTS) is 2. The first-order valence-electron chi connectivity index (χ1n) is 12.2. The van der Waals surface area contributed by atoms with Gasteiger partial charge in [0, 0.05) is 37.6 Å². The Kier molecular flexibility index (Phi) is 10.2. The molecule has 1 fully saturated rings. The molecule has 1 aliphatic heterocycles. The number of aromatic nitrogens is 1. The minimum atomic E-state index is -1.38. The fourth-order valence-electron chi connectivity index (χ4n) is 4.28. The molecule has 206 valence electrons. The van der Waals surface area contributed by atoms with Crippen molar-refractivity contribution in [2.75, 3.05) is 30.8 Å². The van der Waals surface area contributed by atoms with E-state index in [1.165, 1.54) is 18.3 Å². The quantitative estimate of drug-likeness (QED) is 0.207. The SMILES string of the molecule is CNC(=O)[C@H]1CCCN(Cc2sc(NC(C)=O)nc2CCc2ccc(NC(NC(=O)O)NC(=O)O)cc2)C1. The molecule has 0 spiro atoms. The molecule has 1 aromatic carbocycles. The van der Waals surface area contributed by atoms with Gasteiger partial charge in [-0.3, -0.25) is 25.1 Å². The van der Waals surface area contributed by atoms with Crippen LogP contribution in [0.5, 0.6) is 0 Å². The summed E-state index contributed by atoms with van der Waals surface area (Å²) in [5.41, 5.74) is 2.42. The molecule has 1 aromatic heterocycles. The molecular formula is C24H33N7O6S. The first-order chi connectivity index (χ1) is 18.1. The average molecular weight is 548 g/mol. The summed E-state index contributed by atoms with van der Waals surface area (Å²) in [4.78, 5) is 53.5. The van der Waals surface area contributed by atoms with Gasteiger partial charge in [-0.25, -0.2) is 14.6 Å². The number of piperidine rings is 1. The van der Waals surface area contributed by atoms with E-state index in [0.717, 1.165) is 35.5 Å². The van der Waals surface area contributed by atoms with E-state index in [9.17, 15) is 19.2 Å². The monoisotopic (exact) mass is 547 g/mol. The Balaban J connectivity index is 1.66. The van der Waals surface area contributed by atoms with Crippen molar-refractivity contribution in [2.45, 2.75) is 45.4 Å². The normalized spacial score (nSPS) is 15.5. The van der Waals surface area contributed by atoms with Crippen LogP contribution in [-0.4, -0.2) is 70.5 Å². The highest BCUT2D eigenvalue weighted by Crippen LogP contribution is 2.28. The van der Waals surface area contributed by atoms with Gasteiger partial charge in [-0.05, 0) is 49.9 Å². The largest absolute Gasteiger partial charge is 0.465 e. The number of carbonyl (C=O) groups is 4. The Hall–Kier alpha value is -3.91. The third-order valence-corrected chi connectivity index (χ3v) is 7.00. The summed E-state index contributed by atoms with van der Waals surface area (Å²) in [6, 6.07) is 7.18. The summed E-state index contributed by atoms with van der Waals surface area (Å²) in [7, 11) is 1.66. The number of aryl methyl sites for hydroxylation is 2. The fraction of sp³-hybridized carbons (Fsp3) is 0.458. The second kappa shape index (κ2) is 13.6. The molecule has 1 atom stereocenters. The molecule has 13 nitrogen and oxygen atoms in total. The number of hydrogen-bond acceptors (Lipinski definition) is 8. The average Bonchev–Trinajstić information content (AvgIpc) is 3.22. The van der Waals surface area contributed by atoms with Crippen molar-refractivity contribution in [3.05, 3.63) is 40.4 Å². The number of likely N-dealkylation sites (tertiary alicyclic amines) is 1. The molecule has 7 N–H and O–H groups in total. The van der Waals surface area contributed by atoms with E-state index in [2.05, 4.69) is 25.8 Å². The molecule has 0 radical (unpaired) electrons. The van der Waals surface area contributed by atoms with Gasteiger partial charge in [0.1, 0.15) is 0 Å². The minimum Gasteiger partial charge on any atom is -0.465 e. The molecule has 0 bridgehead atoms. The lowest BCUT2D eigenvalue weighted by molar-refractivity contribution is -0.126. The van der Waals surface area contributed by atoms with Gasteiger partial charge in [-0.15, -0.1) is 11.3 Å². The zero-order valence-electron chi connectivity index (χ0n) is 21.2. The number of benzene rings is 1. The predicted molar refractivity (Wildman–Crippen MR) is 142 cm³/mol. The fourth-order valence-corrected chi connectivity index (χ4v) is 5.38. The number of nitrogens with zero attached hydrogens (tertiary/aromatic N) is 2. The predicted octanol–water partition coefficient (Wildman–Crippen LogP) is 2.08. The van der Waals surface area contributed by atoms with Crippen LogP contribution in [-0.2, 0) is 29.0 Å². The number of nitrogens with one attached hydrogen (secondary N) is 5. The number of anilines is 2. The third-order valence-electron chi connectivity index (χ3n) is 6.00. The van der Waals surface area contributed by atoms with Crippen molar-refractivity contribution in [1.82, 2.24) is 25.8 Å². The van der Waals surface area contributed by atoms with Crippen LogP contribution in [0.2, 0.25) is 0 Å². The lowest BCUT2D eigenvalue weighted by atomic mass is 9.97. The van der Waals surface area contributed by atoms with Crippen LogP contribution in [0, 0.1) is 5.92 Å². The first-order valence-corrected chi connectivity index (χ1v) is 13.0. The van der Waals surface area contributed by atoms with E-state index in [1.54, 1.807) is 19.2 Å². The number of carbonyl (C=O) groups excluding carboxylic acids is 2. The van der Waals surface area contributed by atoms with E-state index in [-0.39, 0.29) is 17.7 Å². The molecular weight excluding hydrogens is 514 g/mol. The standard InChI is InChI=1S/C24H33N7O6S/c1-14(32)26-22-28-18(19(38-22)13-31-11-3-4-16(12-31)20(33)25-2)10-7-15-5-8-17(9-6-15)27-21(29-23(34)35)30-24(36)37/h5-6,8-9,16,21,27,29-30H,3-4,7,10-13H2,1-2H3,(H,25,33)(H,34,35)(H,36,37)(H,26,28,32)/t16-/m0/s1. The van der Waals surface area contributed by atoms with Crippen molar-refractivity contribution >= 4 is 46.2 Å². The van der Waals surface area contributed by atoms with Gasteiger partial charge in [0.2, 0.25) is 11.8 Å². The molecule has 4 amide bonds. The highest BCUT2D eigenvalue weighted by atomic mass is 32.1. The lowest BCUT2D eigenvalue weighted by Crippen LogP contribution is -2.52. The second-order valence-electron chi connectivity index (χ2n) is 8.93. The van der Waals surface area contributed by atoms with Gasteiger partial charge in [-0.2, -0.15) is 0 Å². The summed E-state index contributed by atoms with van der Waals surface area (Å²) in [6.45, 7) is 3.66. The molecule has 0 aliphatic carbocycles. The molecule has 2 aromatic rings. The van der Waals surface area contributed by atoms with Crippen LogP contribution in [0.15, 0.2) is 24.3 Å². The van der Waals surface area contributed by atoms with Gasteiger partial charge >= 0.3 is 12.2 Å². The number of amides is 4. The second-order valence-corrected chi connectivity index (χ2v) is 10.0. The van der Waals surface area contributed by atoms with Gasteiger partial charge in [0.15, 0.2) is 11.4 Å². The Labute approximate surface area is 224 Å². The number of hydrogen-bond donors (Lipinski definition) is 7. The van der Waals surface area contributed by atoms with Crippen LogP contribution in [0.1, 0.15) is 35.9 Å². The molecule has 1 aliphatic rings. The summed E-state index contributed by atoms with van der Waals surface area (Å²) < 4.78 is 0. The highest BCUT2D eigenvalue weighted by Gasteiger charge is 2.26. The molecule has 2 heterocycles. The first kappa shape index (κ1) is 28.7. The Morgan fingerprint density at radius 3 is 2.39 bits per heavy atom. The summed E-state index contributed by atoms with van der Waals surface area (Å²) >= 11 is 1.45. The topological polar surface area (TPSA) is 185 Å². The molecule has 0 saturated carbocycles. The molecule has 14 heteroatoms. The van der Waals surface area contributed by atoms with Gasteiger partial charge in [0.25, 0.3) is 0 Å². The van der Waals surface area contributed by atoms with E-state index in [1.807, 2.05) is 22.8 Å². The number of thiazole rings is 1. The Bertz CT molecular complexity index is 1120. The van der Waals surface area contributed by atoms with E-state index in [0.29, 0.717) is 36.8 Å². The minimum absolute atomic E-state index is 0.0388. The van der Waals surface area contributed by atoms with Gasteiger partial charge in [0.05, 0.1) is 11.6 Å². The van der Waals surface area contributed by atoms with Crippen LogP contribution in [0.3, 0.4) is 0 Å². The maximum absolute atomic E-state index is 12.1. The van der Waals surface area contributed by atoms with Crippen molar-refractivity contribution in [1.29, 1.82) is 0 Å². The lowest BCUT2D eigenvalue weighted by Gasteiger charge is -2.31. The highest BCUT2D eigenvalue weighted by molar-refractivity contribution is 7.15. The van der Waals surface area contributed by atoms with Gasteiger partial charge in [-0.1, -0.05) is 12.1 Å². The van der Waals surface area contributed by atoms with Crippen LogP contribution < -0.4 is 26.6 Å². The van der Waals surface area contributed by atoms with E-state index < -0.39 is 18.5 Å². The van der Waals surface area contributed by atoms with Crippen molar-refractivity contribution < 1.29 is 29.4 Å². The molecule has 3 rings (SSSR count). The number of rotatable bonds is 11. The molecule has 1 saturated heterocycles. The maximum atomic E-state index is 12.1. The van der Waals surface area contributed by atoms with Crippen molar-refractivity contribution in [3.63, 3.8) is 0 Å². The molecule has 0 unspecified atom stereocenters. The van der Waals surface area contributed by atoms with Crippen LogP contribution in [0.4, 0.5) is 20.4 Å². The summed E-state index contributed by atoms with van der Waals surface area (Å²) in [6.07, 6.45) is -0.851. The van der Waals surface area contributed by atoms with Crippen molar-refractivity contribution in [3.8, 4) is 0 Å². The van der Waals surface area contributed by atoms with Gasteiger partial charge < -0.3 is 26.2 Å². The molecule has 38 heavy (non-hydrogen) atoms. The van der Waals surface area contributed by atoms with Crippen LogP contribution in [0.25, 0.3) is 0 Å². The Morgan fingerprint density at radius 2 is 1.79 bits per heavy atom. The van der Waals surface area contributed by atoms with E-state index in [4.69, 9.17) is 10.2 Å².